The van der Waals surface area contributed by atoms with Gasteiger partial charge >= 0.3 is 0 Å². The van der Waals surface area contributed by atoms with Gasteiger partial charge in [0.1, 0.15) is 11.6 Å². The molecule has 0 fully saturated rings. The Morgan fingerprint density at radius 1 is 1.40 bits per heavy atom. The molecule has 0 aliphatic rings. The van der Waals surface area contributed by atoms with Crippen molar-refractivity contribution in [2.75, 3.05) is 5.32 Å². The van der Waals surface area contributed by atoms with E-state index in [1.807, 2.05) is 20.2 Å². The van der Waals surface area contributed by atoms with Gasteiger partial charge in [-0.1, -0.05) is 0 Å². The monoisotopic (exact) mass is 296 g/mol. The number of benzene rings is 1. The molecular weight excluding hydrogens is 282 g/mol. The lowest BCUT2D eigenvalue weighted by molar-refractivity contribution is 0.586. The molecule has 0 bridgehead atoms. The summed E-state index contributed by atoms with van der Waals surface area (Å²) < 4.78 is 27.9. The van der Waals surface area contributed by atoms with Crippen molar-refractivity contribution in [2.45, 2.75) is 13.5 Å². The number of halogens is 2. The topological polar surface area (TPSA) is 41.9 Å². The average molecular weight is 296 g/mol. The van der Waals surface area contributed by atoms with Gasteiger partial charge < -0.3 is 10.6 Å². The van der Waals surface area contributed by atoms with Crippen molar-refractivity contribution in [1.29, 1.82) is 0 Å². The van der Waals surface area contributed by atoms with Crippen LogP contribution in [0.5, 0.6) is 0 Å². The van der Waals surface area contributed by atoms with Crippen molar-refractivity contribution in [3.8, 4) is 0 Å². The first-order valence-electron chi connectivity index (χ1n) is 5.94. The smallest absolute Gasteiger partial charge is 0.171 e. The molecule has 0 spiro atoms. The third-order valence-corrected chi connectivity index (χ3v) is 2.98. The summed E-state index contributed by atoms with van der Waals surface area (Å²) in [6.07, 6.45) is 1.88. The maximum absolute atomic E-state index is 13.4. The molecule has 7 heteroatoms. The number of anilines is 1. The number of nitrogens with zero attached hydrogens (tertiary/aromatic N) is 2. The van der Waals surface area contributed by atoms with E-state index >= 15 is 0 Å². The summed E-state index contributed by atoms with van der Waals surface area (Å²) in [5.41, 5.74) is 2.03. The van der Waals surface area contributed by atoms with Crippen molar-refractivity contribution < 1.29 is 8.78 Å². The highest BCUT2D eigenvalue weighted by molar-refractivity contribution is 7.80. The third-order valence-electron chi connectivity index (χ3n) is 2.73. The number of thiocarbonyl (C=S) groups is 1. The lowest BCUT2D eigenvalue weighted by Crippen LogP contribution is -2.28. The van der Waals surface area contributed by atoms with Gasteiger partial charge in [0.2, 0.25) is 0 Å². The van der Waals surface area contributed by atoms with Gasteiger partial charge in [-0.25, -0.2) is 8.78 Å². The highest BCUT2D eigenvalue weighted by Gasteiger charge is 2.07. The zero-order valence-electron chi connectivity index (χ0n) is 11.1. The van der Waals surface area contributed by atoms with Crippen molar-refractivity contribution >= 4 is 23.0 Å². The Morgan fingerprint density at radius 2 is 2.15 bits per heavy atom. The third kappa shape index (κ3) is 3.51. The fourth-order valence-corrected chi connectivity index (χ4v) is 1.94. The minimum Gasteiger partial charge on any atom is -0.358 e. The first-order chi connectivity index (χ1) is 9.45. The summed E-state index contributed by atoms with van der Waals surface area (Å²) in [6, 6.07) is 3.27. The standard InChI is InChI=1S/C13H14F2N4S/c1-8-9(7-19(2)18-8)6-16-13(20)17-12-4-3-10(14)5-11(12)15/h3-5,7H,6H2,1-2H3,(H2,16,17,20). The molecule has 1 aromatic carbocycles. The molecule has 1 aromatic heterocycles. The molecule has 0 saturated heterocycles. The van der Waals surface area contributed by atoms with E-state index in [4.69, 9.17) is 12.2 Å². The zero-order valence-corrected chi connectivity index (χ0v) is 11.9. The van der Waals surface area contributed by atoms with E-state index in [9.17, 15) is 8.78 Å². The summed E-state index contributed by atoms with van der Waals surface area (Å²) >= 11 is 5.07. The van der Waals surface area contributed by atoms with Crippen LogP contribution in [0, 0.1) is 18.6 Å². The predicted molar refractivity (Wildman–Crippen MR) is 77.4 cm³/mol. The molecule has 0 radical (unpaired) electrons. The molecule has 2 rings (SSSR count). The van der Waals surface area contributed by atoms with Gasteiger partial charge in [-0.3, -0.25) is 4.68 Å². The average Bonchev–Trinajstić information content (AvgIpc) is 2.69. The maximum atomic E-state index is 13.4. The molecule has 0 amide bonds. The van der Waals surface area contributed by atoms with Gasteiger partial charge in [-0.05, 0) is 31.3 Å². The van der Waals surface area contributed by atoms with Crippen LogP contribution in [0.25, 0.3) is 0 Å². The van der Waals surface area contributed by atoms with Crippen molar-refractivity contribution in [1.82, 2.24) is 15.1 Å². The van der Waals surface area contributed by atoms with Crippen LogP contribution in [-0.2, 0) is 13.6 Å². The highest BCUT2D eigenvalue weighted by Crippen LogP contribution is 2.14. The molecular formula is C13H14F2N4S. The molecule has 2 N–H and O–H groups in total. The normalized spacial score (nSPS) is 10.4. The summed E-state index contributed by atoms with van der Waals surface area (Å²) in [5, 5.41) is 10.1. The largest absolute Gasteiger partial charge is 0.358 e. The summed E-state index contributed by atoms with van der Waals surface area (Å²) in [7, 11) is 1.83. The molecule has 1 heterocycles. The van der Waals surface area contributed by atoms with Gasteiger partial charge in [0, 0.05) is 31.4 Å². The molecule has 2 aromatic rings. The summed E-state index contributed by atoms with van der Waals surface area (Å²) in [6.45, 7) is 2.38. The second kappa shape index (κ2) is 5.96. The van der Waals surface area contributed by atoms with Crippen LogP contribution < -0.4 is 10.6 Å². The van der Waals surface area contributed by atoms with Gasteiger partial charge in [0.05, 0.1) is 11.4 Å². The van der Waals surface area contributed by atoms with Crippen LogP contribution in [-0.4, -0.2) is 14.9 Å². The zero-order chi connectivity index (χ0) is 14.7. The van der Waals surface area contributed by atoms with Crippen LogP contribution >= 0.6 is 12.2 Å². The Labute approximate surface area is 120 Å². The Hall–Kier alpha value is -2.02. The SMILES string of the molecule is Cc1nn(C)cc1CNC(=S)Nc1ccc(F)cc1F. The van der Waals surface area contributed by atoms with Crippen LogP contribution in [0.15, 0.2) is 24.4 Å². The Morgan fingerprint density at radius 3 is 2.75 bits per heavy atom. The molecule has 0 saturated carbocycles. The summed E-state index contributed by atoms with van der Waals surface area (Å²) in [5.74, 6) is -1.32. The van der Waals surface area contributed by atoms with E-state index < -0.39 is 11.6 Å². The van der Waals surface area contributed by atoms with Gasteiger partial charge in [0.15, 0.2) is 5.11 Å². The lowest BCUT2D eigenvalue weighted by Gasteiger charge is -2.10. The number of nitrogens with one attached hydrogen (secondary N) is 2. The van der Waals surface area contributed by atoms with E-state index in [1.54, 1.807) is 4.68 Å². The fourth-order valence-electron chi connectivity index (χ4n) is 1.76. The quantitative estimate of drug-likeness (QED) is 0.854. The van der Waals surface area contributed by atoms with E-state index in [0.717, 1.165) is 17.3 Å². The van der Waals surface area contributed by atoms with Crippen molar-refractivity contribution in [2.24, 2.45) is 7.05 Å². The molecule has 0 aliphatic heterocycles. The second-order valence-corrected chi connectivity index (χ2v) is 4.75. The number of aryl methyl sites for hydroxylation is 2. The van der Waals surface area contributed by atoms with Crippen LogP contribution in [0.2, 0.25) is 0 Å². The molecule has 0 atom stereocenters. The minimum absolute atomic E-state index is 0.131. The Balaban J connectivity index is 1.94. The molecule has 106 valence electrons. The van der Waals surface area contributed by atoms with E-state index in [-0.39, 0.29) is 10.8 Å². The molecule has 4 nitrogen and oxygen atoms in total. The number of hydrogen-bond acceptors (Lipinski definition) is 2. The Bertz CT molecular complexity index is 639. The molecule has 0 aliphatic carbocycles. The maximum Gasteiger partial charge on any atom is 0.171 e. The first kappa shape index (κ1) is 14.4. The minimum atomic E-state index is -0.688. The van der Waals surface area contributed by atoms with Crippen molar-refractivity contribution in [3.05, 3.63) is 47.3 Å². The Kier molecular flexibility index (Phi) is 4.29. The highest BCUT2D eigenvalue weighted by atomic mass is 32.1. The van der Waals surface area contributed by atoms with Gasteiger partial charge in [-0.15, -0.1) is 0 Å². The van der Waals surface area contributed by atoms with E-state index in [2.05, 4.69) is 15.7 Å². The fraction of sp³-hybridized carbons (Fsp3) is 0.231. The van der Waals surface area contributed by atoms with Gasteiger partial charge in [0.25, 0.3) is 0 Å². The summed E-state index contributed by atoms with van der Waals surface area (Å²) in [4.78, 5) is 0. The predicted octanol–water partition coefficient (Wildman–Crippen LogP) is 2.49. The van der Waals surface area contributed by atoms with Gasteiger partial charge in [-0.2, -0.15) is 5.10 Å². The van der Waals surface area contributed by atoms with Crippen LogP contribution in [0.4, 0.5) is 14.5 Å². The van der Waals surface area contributed by atoms with E-state index in [1.165, 1.54) is 12.1 Å². The molecule has 20 heavy (non-hydrogen) atoms. The first-order valence-corrected chi connectivity index (χ1v) is 6.35. The van der Waals surface area contributed by atoms with Crippen LogP contribution in [0.3, 0.4) is 0 Å². The number of hydrogen-bond donors (Lipinski definition) is 2. The molecule has 0 unspecified atom stereocenters. The van der Waals surface area contributed by atoms with E-state index in [0.29, 0.717) is 6.54 Å². The second-order valence-electron chi connectivity index (χ2n) is 4.35. The number of rotatable bonds is 3. The lowest BCUT2D eigenvalue weighted by atomic mass is 10.2. The van der Waals surface area contributed by atoms with Crippen molar-refractivity contribution in [3.63, 3.8) is 0 Å². The van der Waals surface area contributed by atoms with Crippen LogP contribution in [0.1, 0.15) is 11.3 Å². The number of aromatic nitrogens is 2.